The van der Waals surface area contributed by atoms with E-state index in [1.165, 1.54) is 12.1 Å². The zero-order valence-electron chi connectivity index (χ0n) is 11.6. The number of rotatable bonds is 7. The molecule has 4 nitrogen and oxygen atoms in total. The molecular formula is C14H23NO3S. The molecule has 1 rings (SSSR count). The molecule has 0 bridgehead atoms. The lowest BCUT2D eigenvalue weighted by atomic mass is 9.99. The second-order valence-corrected chi connectivity index (χ2v) is 6.26. The van der Waals surface area contributed by atoms with Crippen molar-refractivity contribution < 1.29 is 13.0 Å². The fourth-order valence-corrected chi connectivity index (χ4v) is 2.63. The summed E-state index contributed by atoms with van der Waals surface area (Å²) < 4.78 is 31.8. The molecule has 108 valence electrons. The molecule has 5 heteroatoms. The van der Waals surface area contributed by atoms with E-state index in [9.17, 15) is 13.0 Å². The molecule has 0 spiro atoms. The highest BCUT2D eigenvalue weighted by atomic mass is 32.2. The van der Waals surface area contributed by atoms with Crippen molar-refractivity contribution in [3.05, 3.63) is 23.3 Å². The van der Waals surface area contributed by atoms with E-state index >= 15 is 0 Å². The van der Waals surface area contributed by atoms with Gasteiger partial charge in [-0.1, -0.05) is 26.7 Å². The maximum atomic E-state index is 11.3. The average Bonchev–Trinajstić information content (AvgIpc) is 2.34. The van der Waals surface area contributed by atoms with Crippen molar-refractivity contribution in [2.75, 3.05) is 5.73 Å². The first-order valence-electron chi connectivity index (χ1n) is 6.78. The first-order valence-corrected chi connectivity index (χ1v) is 8.22. The van der Waals surface area contributed by atoms with Gasteiger partial charge in [0.25, 0.3) is 10.1 Å². The Morgan fingerprint density at radius 2 is 1.47 bits per heavy atom. The van der Waals surface area contributed by atoms with E-state index in [4.69, 9.17) is 5.73 Å². The zero-order valence-corrected chi connectivity index (χ0v) is 12.5. The van der Waals surface area contributed by atoms with Crippen LogP contribution in [-0.4, -0.2) is 13.0 Å². The van der Waals surface area contributed by atoms with Crippen LogP contribution >= 0.6 is 0 Å². The van der Waals surface area contributed by atoms with Crippen LogP contribution in [0.2, 0.25) is 0 Å². The Morgan fingerprint density at radius 3 is 1.79 bits per heavy atom. The van der Waals surface area contributed by atoms with Crippen LogP contribution in [0.5, 0.6) is 0 Å². The Labute approximate surface area is 115 Å². The predicted octanol–water partition coefficient (Wildman–Crippen LogP) is 3.20. The van der Waals surface area contributed by atoms with Crippen LogP contribution in [-0.2, 0) is 23.0 Å². The van der Waals surface area contributed by atoms with Gasteiger partial charge in [0.05, 0.1) is 4.90 Å². The van der Waals surface area contributed by atoms with Crippen molar-refractivity contribution in [2.24, 2.45) is 0 Å². The van der Waals surface area contributed by atoms with Gasteiger partial charge in [-0.15, -0.1) is 0 Å². The fourth-order valence-electron chi connectivity index (χ4n) is 2.04. The lowest BCUT2D eigenvalue weighted by Gasteiger charge is -2.13. The Morgan fingerprint density at radius 1 is 1.05 bits per heavy atom. The quantitative estimate of drug-likeness (QED) is 0.595. The van der Waals surface area contributed by atoms with Gasteiger partial charge in [-0.25, -0.2) is 0 Å². The summed E-state index contributed by atoms with van der Waals surface area (Å²) in [5.74, 6) is 0. The molecular weight excluding hydrogens is 262 g/mol. The smallest absolute Gasteiger partial charge is 0.294 e. The second-order valence-electron chi connectivity index (χ2n) is 4.84. The number of nitrogen functional groups attached to an aromatic ring is 1. The van der Waals surface area contributed by atoms with E-state index in [-0.39, 0.29) is 4.90 Å². The van der Waals surface area contributed by atoms with Gasteiger partial charge in [0.15, 0.2) is 0 Å². The van der Waals surface area contributed by atoms with Gasteiger partial charge in [0, 0.05) is 5.69 Å². The minimum absolute atomic E-state index is 0.0427. The summed E-state index contributed by atoms with van der Waals surface area (Å²) in [6.07, 6.45) is 5.41. The molecule has 0 amide bonds. The summed E-state index contributed by atoms with van der Waals surface area (Å²) in [6.45, 7) is 4.14. The Kier molecular flexibility index (Phi) is 5.82. The van der Waals surface area contributed by atoms with Gasteiger partial charge in [-0.05, 0) is 48.9 Å². The van der Waals surface area contributed by atoms with Crippen molar-refractivity contribution in [1.82, 2.24) is 0 Å². The van der Waals surface area contributed by atoms with Crippen molar-refractivity contribution in [3.63, 3.8) is 0 Å². The summed E-state index contributed by atoms with van der Waals surface area (Å²) in [4.78, 5) is -0.0427. The molecule has 0 unspecified atom stereocenters. The number of hydrogen-bond donors (Lipinski definition) is 2. The highest BCUT2D eigenvalue weighted by molar-refractivity contribution is 7.85. The molecule has 0 aliphatic carbocycles. The van der Waals surface area contributed by atoms with Gasteiger partial charge < -0.3 is 5.73 Å². The molecule has 0 radical (unpaired) electrons. The van der Waals surface area contributed by atoms with Gasteiger partial charge >= 0.3 is 0 Å². The number of benzene rings is 1. The van der Waals surface area contributed by atoms with Crippen molar-refractivity contribution >= 4 is 15.8 Å². The number of aryl methyl sites for hydroxylation is 2. The standard InChI is InChI=1S/C14H23NO3S/c1-3-5-7-11-9-13(19(16,17)18)10-12(14(11)15)8-6-4-2/h9-10H,3-8,15H2,1-2H3,(H,16,17,18). The fraction of sp³-hybridized carbons (Fsp3) is 0.571. The molecule has 0 atom stereocenters. The van der Waals surface area contributed by atoms with Crippen LogP contribution in [0.1, 0.15) is 50.7 Å². The number of anilines is 1. The highest BCUT2D eigenvalue weighted by Gasteiger charge is 2.15. The molecule has 1 aromatic rings. The van der Waals surface area contributed by atoms with E-state index in [0.29, 0.717) is 5.69 Å². The largest absolute Gasteiger partial charge is 0.398 e. The third-order valence-electron chi connectivity index (χ3n) is 3.22. The normalized spacial score (nSPS) is 11.7. The zero-order chi connectivity index (χ0) is 14.5. The second kappa shape index (κ2) is 6.91. The Balaban J connectivity index is 3.21. The lowest BCUT2D eigenvalue weighted by Crippen LogP contribution is -2.06. The molecule has 0 saturated carbocycles. The highest BCUT2D eigenvalue weighted by Crippen LogP contribution is 2.26. The first kappa shape index (κ1) is 16.0. The summed E-state index contributed by atoms with van der Waals surface area (Å²) in [5.41, 5.74) is 8.42. The third kappa shape index (κ3) is 4.51. The van der Waals surface area contributed by atoms with Gasteiger partial charge in [0.1, 0.15) is 0 Å². The van der Waals surface area contributed by atoms with Crippen LogP contribution in [0, 0.1) is 0 Å². The summed E-state index contributed by atoms with van der Waals surface area (Å²) in [6, 6.07) is 2.99. The van der Waals surface area contributed by atoms with Crippen molar-refractivity contribution in [2.45, 2.75) is 57.3 Å². The topological polar surface area (TPSA) is 80.4 Å². The van der Waals surface area contributed by atoms with E-state index in [1.54, 1.807) is 0 Å². The molecule has 0 fully saturated rings. The molecule has 0 heterocycles. The van der Waals surface area contributed by atoms with Crippen LogP contribution in [0.25, 0.3) is 0 Å². The molecule has 0 aliphatic rings. The molecule has 3 N–H and O–H groups in total. The maximum Gasteiger partial charge on any atom is 0.294 e. The van der Waals surface area contributed by atoms with Gasteiger partial charge in [0.2, 0.25) is 0 Å². The number of unbranched alkanes of at least 4 members (excludes halogenated alkanes) is 2. The van der Waals surface area contributed by atoms with Crippen molar-refractivity contribution in [1.29, 1.82) is 0 Å². The van der Waals surface area contributed by atoms with Crippen LogP contribution in [0.4, 0.5) is 5.69 Å². The summed E-state index contributed by atoms with van der Waals surface area (Å²) >= 11 is 0. The van der Waals surface area contributed by atoms with Crippen LogP contribution in [0.3, 0.4) is 0 Å². The number of hydrogen-bond acceptors (Lipinski definition) is 3. The molecule has 1 aromatic carbocycles. The third-order valence-corrected chi connectivity index (χ3v) is 4.05. The van der Waals surface area contributed by atoms with Gasteiger partial charge in [-0.3, -0.25) is 4.55 Å². The minimum Gasteiger partial charge on any atom is -0.398 e. The van der Waals surface area contributed by atoms with E-state index < -0.39 is 10.1 Å². The van der Waals surface area contributed by atoms with E-state index in [1.807, 2.05) is 0 Å². The summed E-state index contributed by atoms with van der Waals surface area (Å²) in [7, 11) is -4.17. The van der Waals surface area contributed by atoms with Crippen molar-refractivity contribution in [3.8, 4) is 0 Å². The van der Waals surface area contributed by atoms with E-state index in [0.717, 1.165) is 49.7 Å². The first-order chi connectivity index (χ1) is 8.90. The monoisotopic (exact) mass is 285 g/mol. The molecule has 19 heavy (non-hydrogen) atoms. The van der Waals surface area contributed by atoms with Gasteiger partial charge in [-0.2, -0.15) is 8.42 Å². The Bertz CT molecular complexity index is 494. The summed E-state index contributed by atoms with van der Waals surface area (Å²) in [5, 5.41) is 0. The molecule has 0 aromatic heterocycles. The number of nitrogens with two attached hydrogens (primary N) is 1. The minimum atomic E-state index is -4.17. The SMILES string of the molecule is CCCCc1cc(S(=O)(=O)O)cc(CCCC)c1N. The van der Waals surface area contributed by atoms with Crippen LogP contribution in [0.15, 0.2) is 17.0 Å². The lowest BCUT2D eigenvalue weighted by molar-refractivity contribution is 0.483. The van der Waals surface area contributed by atoms with E-state index in [2.05, 4.69) is 13.8 Å². The molecule has 0 saturated heterocycles. The molecule has 0 aliphatic heterocycles. The maximum absolute atomic E-state index is 11.3. The Hall–Kier alpha value is -1.07. The average molecular weight is 285 g/mol. The van der Waals surface area contributed by atoms with Crippen LogP contribution < -0.4 is 5.73 Å². The predicted molar refractivity (Wildman–Crippen MR) is 77.9 cm³/mol.